The first-order valence-corrected chi connectivity index (χ1v) is 9.11. The van der Waals surface area contributed by atoms with Gasteiger partial charge >= 0.3 is 0 Å². The van der Waals surface area contributed by atoms with Crippen LogP contribution in [0.2, 0.25) is 0 Å². The van der Waals surface area contributed by atoms with Crippen molar-refractivity contribution in [2.75, 3.05) is 0 Å². The SMILES string of the molecule is Cc1nc(C(N)=O)c(O)c2cc(-c3ccc(Oc4ccccc4)cc3)sc12. The molecule has 0 bridgehead atoms. The van der Waals surface area contributed by atoms with Crippen molar-refractivity contribution >= 4 is 27.3 Å². The summed E-state index contributed by atoms with van der Waals surface area (Å²) < 4.78 is 6.64. The molecular weight excluding hydrogens is 360 g/mol. The maximum atomic E-state index is 11.5. The number of carbonyl (C=O) groups excluding carboxylic acids is 1. The zero-order valence-corrected chi connectivity index (χ0v) is 15.3. The van der Waals surface area contributed by atoms with Crippen LogP contribution in [0.25, 0.3) is 20.5 Å². The molecule has 4 aromatic rings. The van der Waals surface area contributed by atoms with E-state index in [0.717, 1.165) is 26.6 Å². The number of fused-ring (bicyclic) bond motifs is 1. The van der Waals surface area contributed by atoms with E-state index in [-0.39, 0.29) is 11.4 Å². The van der Waals surface area contributed by atoms with Gasteiger partial charge in [0, 0.05) is 10.3 Å². The average Bonchev–Trinajstić information content (AvgIpc) is 3.12. The number of nitrogens with zero attached hydrogens (tertiary/aromatic N) is 1. The molecular formula is C21H16N2O3S. The molecule has 134 valence electrons. The summed E-state index contributed by atoms with van der Waals surface area (Å²) in [5, 5.41) is 10.9. The van der Waals surface area contributed by atoms with E-state index in [1.54, 1.807) is 6.92 Å². The molecule has 5 nitrogen and oxygen atoms in total. The van der Waals surface area contributed by atoms with Crippen molar-refractivity contribution in [2.45, 2.75) is 6.92 Å². The highest BCUT2D eigenvalue weighted by molar-refractivity contribution is 7.22. The molecule has 0 aliphatic heterocycles. The molecule has 0 aliphatic carbocycles. The number of hydrogen-bond acceptors (Lipinski definition) is 5. The number of primary amides is 1. The van der Waals surface area contributed by atoms with E-state index in [2.05, 4.69) is 4.98 Å². The van der Waals surface area contributed by atoms with Gasteiger partial charge in [0.1, 0.15) is 11.5 Å². The first-order valence-electron chi connectivity index (χ1n) is 8.29. The third-order valence-electron chi connectivity index (χ3n) is 4.17. The van der Waals surface area contributed by atoms with Gasteiger partial charge in [-0.3, -0.25) is 4.79 Å². The third-order valence-corrected chi connectivity index (χ3v) is 5.46. The van der Waals surface area contributed by atoms with Gasteiger partial charge in [-0.05, 0) is 55.0 Å². The summed E-state index contributed by atoms with van der Waals surface area (Å²) >= 11 is 1.51. The van der Waals surface area contributed by atoms with Gasteiger partial charge in [0.25, 0.3) is 5.91 Å². The fourth-order valence-electron chi connectivity index (χ4n) is 2.86. The summed E-state index contributed by atoms with van der Waals surface area (Å²) in [5.41, 5.74) is 6.85. The summed E-state index contributed by atoms with van der Waals surface area (Å²) in [5.74, 6) is 0.600. The molecule has 2 aromatic carbocycles. The molecule has 0 unspecified atom stereocenters. The van der Waals surface area contributed by atoms with Crippen LogP contribution >= 0.6 is 11.3 Å². The molecule has 0 saturated heterocycles. The minimum Gasteiger partial charge on any atom is -0.505 e. The molecule has 0 fully saturated rings. The Kier molecular flexibility index (Phi) is 4.25. The molecule has 0 atom stereocenters. The monoisotopic (exact) mass is 376 g/mol. The maximum absolute atomic E-state index is 11.5. The molecule has 2 heterocycles. The Balaban J connectivity index is 1.69. The van der Waals surface area contributed by atoms with Gasteiger partial charge in [-0.2, -0.15) is 0 Å². The van der Waals surface area contributed by atoms with Crippen molar-refractivity contribution in [3.63, 3.8) is 0 Å². The van der Waals surface area contributed by atoms with Crippen LogP contribution in [0.4, 0.5) is 0 Å². The summed E-state index contributed by atoms with van der Waals surface area (Å²) in [6.45, 7) is 1.80. The van der Waals surface area contributed by atoms with E-state index in [4.69, 9.17) is 10.5 Å². The molecule has 1 amide bonds. The topological polar surface area (TPSA) is 85.4 Å². The van der Waals surface area contributed by atoms with Crippen LogP contribution in [0, 0.1) is 6.92 Å². The van der Waals surface area contributed by atoms with Crippen molar-refractivity contribution in [1.82, 2.24) is 4.98 Å². The lowest BCUT2D eigenvalue weighted by Gasteiger charge is -2.05. The van der Waals surface area contributed by atoms with Crippen molar-refractivity contribution in [3.05, 3.63) is 72.1 Å². The number of aromatic nitrogens is 1. The lowest BCUT2D eigenvalue weighted by atomic mass is 10.1. The number of aromatic hydroxyl groups is 1. The molecule has 4 rings (SSSR count). The molecule has 2 aromatic heterocycles. The number of pyridine rings is 1. The lowest BCUT2D eigenvalue weighted by Crippen LogP contribution is -2.13. The average molecular weight is 376 g/mol. The second-order valence-corrected chi connectivity index (χ2v) is 7.10. The number of nitrogens with two attached hydrogens (primary N) is 1. The predicted octanol–water partition coefficient (Wildman–Crippen LogP) is 4.87. The molecule has 0 aliphatic rings. The Labute approximate surface area is 159 Å². The highest BCUT2D eigenvalue weighted by Gasteiger charge is 2.18. The van der Waals surface area contributed by atoms with E-state index in [9.17, 15) is 9.90 Å². The number of carbonyl (C=O) groups is 1. The first-order chi connectivity index (χ1) is 13.0. The maximum Gasteiger partial charge on any atom is 0.271 e. The fourth-order valence-corrected chi connectivity index (χ4v) is 3.97. The standard InChI is InChI=1S/C21H16N2O3S/c1-12-20-16(19(24)18(23-12)21(22)25)11-17(27-20)13-7-9-15(10-8-13)26-14-5-3-2-4-6-14/h2-11,24H,1H3,(H2,22,25). The van der Waals surface area contributed by atoms with Crippen LogP contribution in [-0.2, 0) is 0 Å². The quantitative estimate of drug-likeness (QED) is 0.532. The Morgan fingerprint density at radius 3 is 2.41 bits per heavy atom. The van der Waals surface area contributed by atoms with E-state index < -0.39 is 5.91 Å². The van der Waals surface area contributed by atoms with E-state index in [1.807, 2.05) is 60.7 Å². The summed E-state index contributed by atoms with van der Waals surface area (Å²) in [4.78, 5) is 16.6. The molecule has 6 heteroatoms. The molecule has 0 spiro atoms. The van der Waals surface area contributed by atoms with Gasteiger partial charge in [0.2, 0.25) is 0 Å². The van der Waals surface area contributed by atoms with E-state index in [0.29, 0.717) is 11.1 Å². The fraction of sp³-hybridized carbons (Fsp3) is 0.0476. The van der Waals surface area contributed by atoms with Crippen molar-refractivity contribution in [3.8, 4) is 27.7 Å². The number of para-hydroxylation sites is 1. The van der Waals surface area contributed by atoms with Crippen molar-refractivity contribution < 1.29 is 14.6 Å². The first kappa shape index (κ1) is 17.1. The zero-order valence-electron chi connectivity index (χ0n) is 14.5. The second-order valence-electron chi connectivity index (χ2n) is 6.05. The minimum absolute atomic E-state index is 0.101. The van der Waals surface area contributed by atoms with Crippen molar-refractivity contribution in [2.24, 2.45) is 5.73 Å². The van der Waals surface area contributed by atoms with Crippen LogP contribution in [0.3, 0.4) is 0 Å². The Morgan fingerprint density at radius 1 is 1.07 bits per heavy atom. The molecule has 27 heavy (non-hydrogen) atoms. The molecule has 3 N–H and O–H groups in total. The normalized spacial score (nSPS) is 10.9. The number of aryl methyl sites for hydroxylation is 1. The van der Waals surface area contributed by atoms with Gasteiger partial charge in [0.05, 0.1) is 10.4 Å². The summed E-state index contributed by atoms with van der Waals surface area (Å²) in [6.07, 6.45) is 0. The summed E-state index contributed by atoms with van der Waals surface area (Å²) in [7, 11) is 0. The molecule has 0 radical (unpaired) electrons. The minimum atomic E-state index is -0.743. The van der Waals surface area contributed by atoms with Gasteiger partial charge in [-0.1, -0.05) is 18.2 Å². The number of benzene rings is 2. The highest BCUT2D eigenvalue weighted by Crippen LogP contribution is 2.40. The summed E-state index contributed by atoms with van der Waals surface area (Å²) in [6, 6.07) is 19.1. The number of rotatable bonds is 4. The number of thiophene rings is 1. The van der Waals surface area contributed by atoms with Gasteiger partial charge in [-0.25, -0.2) is 4.98 Å². The predicted molar refractivity (Wildman–Crippen MR) is 106 cm³/mol. The largest absolute Gasteiger partial charge is 0.505 e. The Morgan fingerprint density at radius 2 is 1.74 bits per heavy atom. The number of amides is 1. The van der Waals surface area contributed by atoms with Gasteiger partial charge in [-0.15, -0.1) is 11.3 Å². The van der Waals surface area contributed by atoms with Crippen LogP contribution in [0.1, 0.15) is 16.2 Å². The van der Waals surface area contributed by atoms with Crippen LogP contribution < -0.4 is 10.5 Å². The smallest absolute Gasteiger partial charge is 0.271 e. The second kappa shape index (κ2) is 6.74. The number of hydrogen-bond donors (Lipinski definition) is 2. The van der Waals surface area contributed by atoms with Crippen LogP contribution in [-0.4, -0.2) is 16.0 Å². The highest BCUT2D eigenvalue weighted by atomic mass is 32.1. The Hall–Kier alpha value is -3.38. The van der Waals surface area contributed by atoms with Crippen LogP contribution in [0.5, 0.6) is 17.2 Å². The number of ether oxygens (including phenoxy) is 1. The molecule has 0 saturated carbocycles. The van der Waals surface area contributed by atoms with Crippen LogP contribution in [0.15, 0.2) is 60.7 Å². The lowest BCUT2D eigenvalue weighted by molar-refractivity contribution is 0.0993. The van der Waals surface area contributed by atoms with Gasteiger partial charge in [0.15, 0.2) is 11.4 Å². The zero-order chi connectivity index (χ0) is 19.0. The van der Waals surface area contributed by atoms with Crippen molar-refractivity contribution in [1.29, 1.82) is 0 Å². The van der Waals surface area contributed by atoms with E-state index >= 15 is 0 Å². The Bertz CT molecular complexity index is 1140. The van der Waals surface area contributed by atoms with Gasteiger partial charge < -0.3 is 15.6 Å². The van der Waals surface area contributed by atoms with E-state index in [1.165, 1.54) is 11.3 Å². The third kappa shape index (κ3) is 3.22.